The Morgan fingerprint density at radius 1 is 1.38 bits per heavy atom. The molecule has 1 aliphatic rings. The van der Waals surface area contributed by atoms with Crippen molar-refractivity contribution in [3.63, 3.8) is 0 Å². The molecule has 1 aromatic heterocycles. The van der Waals surface area contributed by atoms with Gasteiger partial charge in [-0.1, -0.05) is 35.5 Å². The van der Waals surface area contributed by atoms with E-state index in [1.54, 1.807) is 0 Å². The Morgan fingerprint density at radius 3 is 3.04 bits per heavy atom. The Morgan fingerprint density at radius 2 is 2.23 bits per heavy atom. The van der Waals surface area contributed by atoms with E-state index in [4.69, 9.17) is 9.26 Å². The lowest BCUT2D eigenvalue weighted by Gasteiger charge is -2.31. The first kappa shape index (κ1) is 18.4. The summed E-state index contributed by atoms with van der Waals surface area (Å²) in [6, 6.07) is 10.1. The Bertz CT molecular complexity index is 689. The average Bonchev–Trinajstić information content (AvgIpc) is 3.16. The summed E-state index contributed by atoms with van der Waals surface area (Å²) in [6.07, 6.45) is 2.73. The average molecular weight is 358 g/mol. The molecule has 1 atom stereocenters. The number of carbonyl (C=O) groups is 1. The number of likely N-dealkylation sites (tertiary alicyclic amines) is 1. The van der Waals surface area contributed by atoms with Gasteiger partial charge in [0.05, 0.1) is 0 Å². The van der Waals surface area contributed by atoms with Gasteiger partial charge >= 0.3 is 6.03 Å². The van der Waals surface area contributed by atoms with Gasteiger partial charge < -0.3 is 19.5 Å². The molecule has 0 saturated carbocycles. The molecule has 26 heavy (non-hydrogen) atoms. The van der Waals surface area contributed by atoms with Crippen LogP contribution < -0.4 is 5.32 Å². The zero-order chi connectivity index (χ0) is 18.2. The number of urea groups is 1. The van der Waals surface area contributed by atoms with Crippen molar-refractivity contribution in [1.82, 2.24) is 20.4 Å². The van der Waals surface area contributed by atoms with Gasteiger partial charge in [0.1, 0.15) is 6.61 Å². The van der Waals surface area contributed by atoms with Crippen LogP contribution in [0.1, 0.15) is 43.0 Å². The molecule has 2 heterocycles. The van der Waals surface area contributed by atoms with Crippen LogP contribution in [-0.2, 0) is 17.8 Å². The van der Waals surface area contributed by atoms with E-state index in [0.717, 1.165) is 25.8 Å². The van der Waals surface area contributed by atoms with Gasteiger partial charge in [0.15, 0.2) is 5.82 Å². The molecule has 140 valence electrons. The second-order valence-corrected chi connectivity index (χ2v) is 6.44. The molecule has 7 heteroatoms. The normalized spacial score (nSPS) is 17.3. The highest BCUT2D eigenvalue weighted by Crippen LogP contribution is 2.25. The predicted octanol–water partition coefficient (Wildman–Crippen LogP) is 2.74. The maximum atomic E-state index is 12.4. The van der Waals surface area contributed by atoms with E-state index in [9.17, 15) is 4.79 Å². The summed E-state index contributed by atoms with van der Waals surface area (Å²) in [7, 11) is 0. The SMILES string of the molecule is CCOCc1nc(C2CCCN(C(=O)NCCc3ccccc3)C2)no1. The summed E-state index contributed by atoms with van der Waals surface area (Å²) in [5, 5.41) is 7.07. The van der Waals surface area contributed by atoms with Crippen LogP contribution in [0.5, 0.6) is 0 Å². The second-order valence-electron chi connectivity index (χ2n) is 6.44. The fraction of sp³-hybridized carbons (Fsp3) is 0.526. The zero-order valence-electron chi connectivity index (χ0n) is 15.2. The van der Waals surface area contributed by atoms with Crippen molar-refractivity contribution < 1.29 is 14.1 Å². The fourth-order valence-corrected chi connectivity index (χ4v) is 3.12. The number of ether oxygens (including phenoxy) is 1. The Balaban J connectivity index is 1.48. The van der Waals surface area contributed by atoms with Gasteiger partial charge in [0.2, 0.25) is 0 Å². The Kier molecular flexibility index (Phi) is 6.60. The van der Waals surface area contributed by atoms with Gasteiger partial charge in [0, 0.05) is 32.2 Å². The fourth-order valence-electron chi connectivity index (χ4n) is 3.12. The van der Waals surface area contributed by atoms with Crippen LogP contribution in [0.15, 0.2) is 34.9 Å². The van der Waals surface area contributed by atoms with Crippen LogP contribution in [0.2, 0.25) is 0 Å². The molecule has 1 saturated heterocycles. The first-order valence-electron chi connectivity index (χ1n) is 9.23. The molecule has 2 amide bonds. The molecular weight excluding hydrogens is 332 g/mol. The van der Waals surface area contributed by atoms with Crippen molar-refractivity contribution in [3.8, 4) is 0 Å². The minimum Gasteiger partial charge on any atom is -0.372 e. The van der Waals surface area contributed by atoms with Crippen LogP contribution >= 0.6 is 0 Å². The molecule has 1 fully saturated rings. The minimum atomic E-state index is -0.0244. The van der Waals surface area contributed by atoms with E-state index >= 15 is 0 Å². The van der Waals surface area contributed by atoms with Crippen LogP contribution in [-0.4, -0.2) is 47.3 Å². The summed E-state index contributed by atoms with van der Waals surface area (Å²) < 4.78 is 10.5. The number of hydrogen-bond acceptors (Lipinski definition) is 5. The quantitative estimate of drug-likeness (QED) is 0.823. The van der Waals surface area contributed by atoms with Crippen LogP contribution in [0.25, 0.3) is 0 Å². The monoisotopic (exact) mass is 358 g/mol. The molecule has 0 bridgehead atoms. The third-order valence-electron chi connectivity index (χ3n) is 4.52. The second kappa shape index (κ2) is 9.33. The minimum absolute atomic E-state index is 0.0244. The van der Waals surface area contributed by atoms with Gasteiger partial charge in [-0.3, -0.25) is 0 Å². The van der Waals surface area contributed by atoms with Gasteiger partial charge in [-0.05, 0) is 31.7 Å². The highest BCUT2D eigenvalue weighted by Gasteiger charge is 2.27. The van der Waals surface area contributed by atoms with Crippen LogP contribution in [0.3, 0.4) is 0 Å². The number of amides is 2. The molecule has 3 rings (SSSR count). The molecular formula is C19H26N4O3. The van der Waals surface area contributed by atoms with E-state index < -0.39 is 0 Å². The topological polar surface area (TPSA) is 80.5 Å². The van der Waals surface area contributed by atoms with Gasteiger partial charge in [-0.25, -0.2) is 4.79 Å². The van der Waals surface area contributed by atoms with E-state index in [1.807, 2.05) is 30.0 Å². The molecule has 1 N–H and O–H groups in total. The summed E-state index contributed by atoms with van der Waals surface area (Å²) in [5.41, 5.74) is 1.22. The summed E-state index contributed by atoms with van der Waals surface area (Å²) in [5.74, 6) is 1.27. The molecule has 0 spiro atoms. The molecule has 0 radical (unpaired) electrons. The van der Waals surface area contributed by atoms with Crippen LogP contribution in [0, 0.1) is 0 Å². The molecule has 0 aliphatic carbocycles. The summed E-state index contributed by atoms with van der Waals surface area (Å²) in [6.45, 7) is 4.87. The van der Waals surface area contributed by atoms with Gasteiger partial charge in [-0.2, -0.15) is 4.98 Å². The Labute approximate surface area is 153 Å². The number of nitrogens with one attached hydrogen (secondary N) is 1. The first-order chi connectivity index (χ1) is 12.8. The third-order valence-corrected chi connectivity index (χ3v) is 4.52. The van der Waals surface area contributed by atoms with E-state index in [1.165, 1.54) is 5.56 Å². The van der Waals surface area contributed by atoms with Gasteiger partial charge in [-0.15, -0.1) is 0 Å². The lowest BCUT2D eigenvalue weighted by atomic mass is 9.98. The molecule has 1 aliphatic heterocycles. The summed E-state index contributed by atoms with van der Waals surface area (Å²) in [4.78, 5) is 18.7. The number of piperidine rings is 1. The van der Waals surface area contributed by atoms with Crippen molar-refractivity contribution >= 4 is 6.03 Å². The van der Waals surface area contributed by atoms with Crippen molar-refractivity contribution in [3.05, 3.63) is 47.6 Å². The highest BCUT2D eigenvalue weighted by molar-refractivity contribution is 5.74. The number of aromatic nitrogens is 2. The van der Waals surface area contributed by atoms with Crippen LogP contribution in [0.4, 0.5) is 4.79 Å². The third kappa shape index (κ3) is 5.05. The maximum absolute atomic E-state index is 12.4. The number of rotatable bonds is 7. The molecule has 7 nitrogen and oxygen atoms in total. The van der Waals surface area contributed by atoms with E-state index in [2.05, 4.69) is 27.6 Å². The first-order valence-corrected chi connectivity index (χ1v) is 9.23. The van der Waals surface area contributed by atoms with Crippen molar-refractivity contribution in [2.45, 2.75) is 38.7 Å². The standard InChI is InChI=1S/C19H26N4O3/c1-2-25-14-17-21-18(22-26-17)16-9-6-12-23(13-16)19(24)20-11-10-15-7-4-3-5-8-15/h3-5,7-8,16H,2,6,9-14H2,1H3,(H,20,24). The van der Waals surface area contributed by atoms with Crippen molar-refractivity contribution in [2.75, 3.05) is 26.2 Å². The van der Waals surface area contributed by atoms with Gasteiger partial charge in [0.25, 0.3) is 5.89 Å². The largest absolute Gasteiger partial charge is 0.372 e. The van der Waals surface area contributed by atoms with Crippen molar-refractivity contribution in [2.24, 2.45) is 0 Å². The predicted molar refractivity (Wildman–Crippen MR) is 96.7 cm³/mol. The van der Waals surface area contributed by atoms with Crippen molar-refractivity contribution in [1.29, 1.82) is 0 Å². The smallest absolute Gasteiger partial charge is 0.317 e. The number of benzene rings is 1. The molecule has 1 aromatic carbocycles. The lowest BCUT2D eigenvalue weighted by molar-refractivity contribution is 0.109. The zero-order valence-corrected chi connectivity index (χ0v) is 15.2. The summed E-state index contributed by atoms with van der Waals surface area (Å²) >= 11 is 0. The van der Waals surface area contributed by atoms with E-state index in [-0.39, 0.29) is 11.9 Å². The molecule has 1 unspecified atom stereocenters. The van der Waals surface area contributed by atoms with E-state index in [0.29, 0.717) is 38.0 Å². The number of nitrogens with zero attached hydrogens (tertiary/aromatic N) is 3. The lowest BCUT2D eigenvalue weighted by Crippen LogP contribution is -2.45. The Hall–Kier alpha value is -2.41. The maximum Gasteiger partial charge on any atom is 0.317 e. The highest BCUT2D eigenvalue weighted by atomic mass is 16.5. The molecule has 2 aromatic rings. The number of hydrogen-bond donors (Lipinski definition) is 1. The number of carbonyl (C=O) groups excluding carboxylic acids is 1.